The monoisotopic (exact) mass is 1440 g/mol. The van der Waals surface area contributed by atoms with E-state index in [-0.39, 0.29) is 102 Å². The molecule has 0 spiro atoms. The molecule has 0 saturated carbocycles. The first-order valence-corrected chi connectivity index (χ1v) is 33.4. The van der Waals surface area contributed by atoms with E-state index in [2.05, 4.69) is 63.4 Å². The molecule has 0 saturated heterocycles. The van der Waals surface area contributed by atoms with Crippen molar-refractivity contribution >= 4 is 114 Å². The van der Waals surface area contributed by atoms with E-state index in [9.17, 15) is 60.0 Å². The molecule has 0 aliphatic heterocycles. The minimum absolute atomic E-state index is 0.0271. The fourth-order valence-corrected chi connectivity index (χ4v) is 10.5. The number of hydrogen-bond acceptors (Lipinski definition) is 21. The van der Waals surface area contributed by atoms with Crippen LogP contribution < -0.4 is 43.0 Å². The number of anilines is 4. The number of nitrogens with one attached hydrogen (secondary N) is 8. The maximum absolute atomic E-state index is 11.9. The molecule has 0 aromatic heterocycles. The molecule has 0 atom stereocenters. The van der Waals surface area contributed by atoms with Crippen LogP contribution in [0.3, 0.4) is 0 Å². The summed E-state index contributed by atoms with van der Waals surface area (Å²) in [5, 5.41) is 121. The largest absolute Gasteiger partial charge is 0.508 e. The average Bonchev–Trinajstić information content (AvgIpc) is 0.497. The number of amides is 4. The molecule has 4 amide bonds. The molecular weight excluding hydrogens is 1360 g/mol. The van der Waals surface area contributed by atoms with Crippen molar-refractivity contribution in [2.75, 3.05) is 54.1 Å². The zero-order valence-corrected chi connectivity index (χ0v) is 59.1. The van der Waals surface area contributed by atoms with E-state index in [0.717, 1.165) is 65.8 Å². The number of aryl methyl sites for hydroxylation is 4. The Bertz CT molecular complexity index is 4510. The van der Waals surface area contributed by atoms with Crippen molar-refractivity contribution < 1.29 is 65.1 Å². The molecule has 0 aliphatic carbocycles. The number of carbonyl (C=O) groups is 4. The summed E-state index contributed by atoms with van der Waals surface area (Å²) >= 11 is 0. The van der Waals surface area contributed by atoms with E-state index in [0.29, 0.717) is 44.5 Å². The molecule has 0 heterocycles. The molecule has 17 N–H and O–H groups in total. The van der Waals surface area contributed by atoms with Crippen molar-refractivity contribution in [2.24, 2.45) is 20.4 Å². The van der Waals surface area contributed by atoms with E-state index in [1.807, 2.05) is 170 Å². The summed E-state index contributed by atoms with van der Waals surface area (Å²) in [6, 6.07) is 66.4. The fraction of sp³-hybridized carbons (Fsp3) is 0.122. The summed E-state index contributed by atoms with van der Waals surface area (Å²) in [5.41, 5.74) is 17.3. The topological polar surface area (TPSA) is 396 Å². The highest BCUT2D eigenvalue weighted by molar-refractivity contribution is 5.94. The number of aromatic hydroxyl groups is 8. The number of rotatable bonds is 20. The predicted molar refractivity (Wildman–Crippen MR) is 423 cm³/mol. The first-order valence-electron chi connectivity index (χ1n) is 33.4. The standard InChI is InChI=1S/4C20H19N3O3.C2H6O/c4*1-13-8-17(24)10-19(25)18(13)11-22-23-20(26)12-21-16-7-6-14-4-2-3-5-15(14)9-16;1-2-3/h4*2-11,21,24-25H,12H2,1H3,(H,23,26);3H,2H2,1H3/b4*22-11+;. The van der Waals surface area contributed by atoms with Gasteiger partial charge >= 0.3 is 0 Å². The van der Waals surface area contributed by atoms with Crippen molar-refractivity contribution in [3.8, 4) is 46.0 Å². The second-order valence-corrected chi connectivity index (χ2v) is 23.9. The molecule has 25 nitrogen and oxygen atoms in total. The number of aliphatic hydroxyl groups excluding tert-OH is 1. The first kappa shape index (κ1) is 78.5. The SMILES string of the molecule is CCO.Cc1cc(O)cc(O)c1/C=N/NC(=O)CNc1ccc2ccccc2c1.Cc1cc(O)cc(O)c1/C=N/NC(=O)CNc1ccc2ccccc2c1.Cc1cc(O)cc(O)c1/C=N/NC(=O)CNc1ccc2ccccc2c1.Cc1cc(O)cc(O)c1/C=N/NC(=O)CNc1ccc2ccccc2c1. The van der Waals surface area contributed by atoms with Crippen LogP contribution >= 0.6 is 0 Å². The van der Waals surface area contributed by atoms with Gasteiger partial charge in [0.1, 0.15) is 46.0 Å². The summed E-state index contributed by atoms with van der Waals surface area (Å²) in [5.74, 6) is -1.77. The molecule has 0 bridgehead atoms. The van der Waals surface area contributed by atoms with E-state index >= 15 is 0 Å². The van der Waals surface area contributed by atoms with Crippen LogP contribution in [0.5, 0.6) is 46.0 Å². The van der Waals surface area contributed by atoms with Gasteiger partial charge in [-0.15, -0.1) is 0 Å². The van der Waals surface area contributed by atoms with Crippen LogP contribution in [-0.2, 0) is 19.2 Å². The Kier molecular flexibility index (Phi) is 28.8. The summed E-state index contributed by atoms with van der Waals surface area (Å²) < 4.78 is 0. The number of phenolic OH excluding ortho intramolecular Hbond substituents is 8. The van der Waals surface area contributed by atoms with Crippen LogP contribution in [0.1, 0.15) is 51.4 Å². The third-order valence-corrected chi connectivity index (χ3v) is 15.7. The number of hydrogen-bond donors (Lipinski definition) is 17. The van der Waals surface area contributed by atoms with Crippen LogP contribution in [0, 0.1) is 27.7 Å². The highest BCUT2D eigenvalue weighted by Crippen LogP contribution is 2.30. The van der Waals surface area contributed by atoms with Gasteiger partial charge in [0.05, 0.1) is 51.0 Å². The molecule has 0 radical (unpaired) electrons. The Balaban J connectivity index is 0.000000178. The Labute approximate surface area is 616 Å². The first-order chi connectivity index (χ1) is 51.5. The van der Waals surface area contributed by atoms with Crippen LogP contribution in [0.25, 0.3) is 43.1 Å². The highest BCUT2D eigenvalue weighted by Gasteiger charge is 2.12. The molecule has 0 unspecified atom stereocenters. The lowest BCUT2D eigenvalue weighted by molar-refractivity contribution is -0.120. The van der Waals surface area contributed by atoms with Gasteiger partial charge in [0.25, 0.3) is 23.6 Å². The molecule has 25 heteroatoms. The maximum Gasteiger partial charge on any atom is 0.259 e. The van der Waals surface area contributed by atoms with E-state index in [1.54, 1.807) is 34.6 Å². The van der Waals surface area contributed by atoms with Crippen molar-refractivity contribution in [3.63, 3.8) is 0 Å². The Hall–Kier alpha value is -14.2. The Morgan fingerprint density at radius 2 is 0.477 bits per heavy atom. The quantitative estimate of drug-likeness (QED) is 0.0249. The number of phenols is 8. The van der Waals surface area contributed by atoms with Crippen LogP contribution in [0.4, 0.5) is 22.7 Å². The number of carbonyl (C=O) groups excluding carboxylic acids is 4. The van der Waals surface area contributed by atoms with Gasteiger partial charge in [-0.3, -0.25) is 19.2 Å². The zero-order valence-electron chi connectivity index (χ0n) is 59.1. The lowest BCUT2D eigenvalue weighted by Gasteiger charge is -2.07. The minimum atomic E-state index is -0.315. The zero-order chi connectivity index (χ0) is 76.8. The van der Waals surface area contributed by atoms with Gasteiger partial charge in [-0.05, 0) is 173 Å². The Morgan fingerprint density at radius 1 is 0.290 bits per heavy atom. The Morgan fingerprint density at radius 3 is 0.664 bits per heavy atom. The average molecular weight is 1440 g/mol. The van der Waals surface area contributed by atoms with Gasteiger partial charge in [-0.1, -0.05) is 121 Å². The lowest BCUT2D eigenvalue weighted by atomic mass is 10.1. The number of nitrogens with zero attached hydrogens (tertiary/aromatic N) is 4. The van der Waals surface area contributed by atoms with E-state index < -0.39 is 0 Å². The van der Waals surface area contributed by atoms with Crippen LogP contribution in [-0.4, -0.2) is 127 Å². The molecule has 0 fully saturated rings. The predicted octanol–water partition coefficient (Wildman–Crippen LogP) is 12.5. The summed E-state index contributed by atoms with van der Waals surface area (Å²) in [6.07, 6.45) is 5.38. The van der Waals surface area contributed by atoms with E-state index in [4.69, 9.17) is 5.11 Å². The van der Waals surface area contributed by atoms with Gasteiger partial charge in [0.2, 0.25) is 0 Å². The number of benzene rings is 12. The summed E-state index contributed by atoms with van der Waals surface area (Å²) in [4.78, 5) is 47.6. The fourth-order valence-electron chi connectivity index (χ4n) is 10.5. The number of aliphatic hydroxyl groups is 1. The molecular formula is C82H82N12O13. The molecule has 12 aromatic rings. The second kappa shape index (κ2) is 39.3. The molecule has 12 aromatic carbocycles. The normalized spacial score (nSPS) is 10.8. The molecule has 107 heavy (non-hydrogen) atoms. The minimum Gasteiger partial charge on any atom is -0.508 e. The summed E-state index contributed by atoms with van der Waals surface area (Å²) in [7, 11) is 0. The number of fused-ring (bicyclic) bond motifs is 4. The van der Waals surface area contributed by atoms with Crippen molar-refractivity contribution in [1.29, 1.82) is 0 Å². The molecule has 12 rings (SSSR count). The van der Waals surface area contributed by atoms with Gasteiger partial charge in [-0.25, -0.2) is 21.7 Å². The summed E-state index contributed by atoms with van der Waals surface area (Å²) in [6.45, 7) is 9.10. The van der Waals surface area contributed by atoms with Crippen molar-refractivity contribution in [3.05, 3.63) is 263 Å². The third-order valence-electron chi connectivity index (χ3n) is 15.7. The van der Waals surface area contributed by atoms with Crippen molar-refractivity contribution in [1.82, 2.24) is 21.7 Å². The smallest absolute Gasteiger partial charge is 0.259 e. The second-order valence-electron chi connectivity index (χ2n) is 23.9. The van der Waals surface area contributed by atoms with Gasteiger partial charge in [-0.2, -0.15) is 20.4 Å². The van der Waals surface area contributed by atoms with Crippen LogP contribution in [0.15, 0.2) is 239 Å². The lowest BCUT2D eigenvalue weighted by Crippen LogP contribution is -2.25. The highest BCUT2D eigenvalue weighted by atomic mass is 16.3. The van der Waals surface area contributed by atoms with Crippen molar-refractivity contribution in [2.45, 2.75) is 34.6 Å². The van der Waals surface area contributed by atoms with Gasteiger partial charge in [0.15, 0.2) is 0 Å². The maximum atomic E-state index is 11.9. The van der Waals surface area contributed by atoms with Gasteiger partial charge < -0.3 is 67.2 Å². The molecule has 548 valence electrons. The van der Waals surface area contributed by atoms with Crippen LogP contribution in [0.2, 0.25) is 0 Å². The molecule has 0 aliphatic rings. The third kappa shape index (κ3) is 24.5. The number of hydrazone groups is 4. The van der Waals surface area contributed by atoms with Gasteiger partial charge in [0, 0.05) is 75.9 Å². The van der Waals surface area contributed by atoms with E-state index in [1.165, 1.54) is 73.4 Å².